The van der Waals surface area contributed by atoms with Gasteiger partial charge in [-0.1, -0.05) is 19.1 Å². The van der Waals surface area contributed by atoms with E-state index >= 15 is 0 Å². The van der Waals surface area contributed by atoms with Crippen LogP contribution in [0, 0.1) is 5.92 Å². The van der Waals surface area contributed by atoms with Gasteiger partial charge in [0.15, 0.2) is 5.11 Å². The Bertz CT molecular complexity index is 884. The van der Waals surface area contributed by atoms with Gasteiger partial charge in [0, 0.05) is 44.5 Å². The number of methoxy groups -OCH3 is 1. The summed E-state index contributed by atoms with van der Waals surface area (Å²) < 4.78 is 5.39. The third-order valence-corrected chi connectivity index (χ3v) is 6.21. The maximum absolute atomic E-state index is 5.48. The van der Waals surface area contributed by atoms with Gasteiger partial charge in [0.2, 0.25) is 11.8 Å². The van der Waals surface area contributed by atoms with Gasteiger partial charge in [-0.15, -0.1) is 0 Å². The molecule has 2 aromatic rings. The lowest BCUT2D eigenvalue weighted by atomic mass is 10.0. The number of benzene rings is 1. The predicted molar refractivity (Wildman–Crippen MR) is 130 cm³/mol. The van der Waals surface area contributed by atoms with Crippen molar-refractivity contribution in [2.24, 2.45) is 5.92 Å². The van der Waals surface area contributed by atoms with Gasteiger partial charge in [-0.2, -0.15) is 9.97 Å². The average Bonchev–Trinajstić information content (AvgIpc) is 3.33. The van der Waals surface area contributed by atoms with Crippen molar-refractivity contribution in [1.29, 1.82) is 0 Å². The van der Waals surface area contributed by atoms with Crippen LogP contribution in [0.2, 0.25) is 0 Å². The minimum Gasteiger partial charge on any atom is -0.481 e. The topological polar surface area (TPSA) is 65.6 Å². The van der Waals surface area contributed by atoms with Crippen LogP contribution in [0.1, 0.15) is 38.2 Å². The molecule has 2 aliphatic rings. The van der Waals surface area contributed by atoms with Crippen LogP contribution in [0.5, 0.6) is 5.88 Å². The zero-order valence-electron chi connectivity index (χ0n) is 18.4. The summed E-state index contributed by atoms with van der Waals surface area (Å²) >= 11 is 5.48. The minimum absolute atomic E-state index is 0.453. The standard InChI is InChI=1S/C23H32N6OS/c1-17-6-5-13-29(16-17)20-14-21(30-2)26-22(25-20)27-23(31)24-15-18-7-9-19(10-8-18)28-11-3-4-12-28/h7-10,14,17H,3-6,11-13,15-16H2,1-2H3,(H2,24,25,26,27,31)/t17-/m1/s1. The quantitative estimate of drug-likeness (QED) is 0.658. The van der Waals surface area contributed by atoms with Gasteiger partial charge in [0.1, 0.15) is 5.82 Å². The molecule has 166 valence electrons. The zero-order chi connectivity index (χ0) is 21.6. The second kappa shape index (κ2) is 10.1. The SMILES string of the molecule is COc1cc(N2CCC[C@@H](C)C2)nc(NC(=S)NCc2ccc(N3CCCC3)cc2)n1. The van der Waals surface area contributed by atoms with Crippen molar-refractivity contribution < 1.29 is 4.74 Å². The summed E-state index contributed by atoms with van der Waals surface area (Å²) in [5.74, 6) is 2.52. The van der Waals surface area contributed by atoms with Crippen molar-refractivity contribution in [2.75, 3.05) is 48.4 Å². The van der Waals surface area contributed by atoms with E-state index in [-0.39, 0.29) is 0 Å². The fourth-order valence-electron chi connectivity index (χ4n) is 4.26. The Balaban J connectivity index is 1.35. The van der Waals surface area contributed by atoms with E-state index in [9.17, 15) is 0 Å². The van der Waals surface area contributed by atoms with Gasteiger partial charge in [0.05, 0.1) is 7.11 Å². The molecular formula is C23H32N6OS. The highest BCUT2D eigenvalue weighted by molar-refractivity contribution is 7.80. The number of nitrogens with one attached hydrogen (secondary N) is 2. The molecule has 3 heterocycles. The van der Waals surface area contributed by atoms with E-state index in [1.165, 1.54) is 36.9 Å². The summed E-state index contributed by atoms with van der Waals surface area (Å²) in [6.07, 6.45) is 5.01. The van der Waals surface area contributed by atoms with Crippen molar-refractivity contribution in [3.8, 4) is 5.88 Å². The van der Waals surface area contributed by atoms with E-state index in [1.807, 2.05) is 6.07 Å². The highest BCUT2D eigenvalue weighted by Crippen LogP contribution is 2.25. The van der Waals surface area contributed by atoms with Crippen molar-refractivity contribution in [3.05, 3.63) is 35.9 Å². The summed E-state index contributed by atoms with van der Waals surface area (Å²) in [5, 5.41) is 6.86. The van der Waals surface area contributed by atoms with E-state index in [4.69, 9.17) is 17.0 Å². The Morgan fingerprint density at radius 2 is 1.84 bits per heavy atom. The summed E-state index contributed by atoms with van der Waals surface area (Å²) in [7, 11) is 1.62. The van der Waals surface area contributed by atoms with Crippen LogP contribution < -0.4 is 25.2 Å². The fraction of sp³-hybridized carbons (Fsp3) is 0.522. The van der Waals surface area contributed by atoms with Crippen LogP contribution in [-0.4, -0.2) is 48.4 Å². The number of thiocarbonyl (C=S) groups is 1. The average molecular weight is 441 g/mol. The molecule has 1 aromatic heterocycles. The molecule has 0 bridgehead atoms. The molecule has 0 unspecified atom stereocenters. The molecule has 0 spiro atoms. The molecule has 0 saturated carbocycles. The number of hydrogen-bond donors (Lipinski definition) is 2. The third kappa shape index (κ3) is 5.76. The zero-order valence-corrected chi connectivity index (χ0v) is 19.2. The molecule has 0 amide bonds. The molecule has 4 rings (SSSR count). The first-order chi connectivity index (χ1) is 15.1. The van der Waals surface area contributed by atoms with Crippen LogP contribution in [0.4, 0.5) is 17.5 Å². The molecule has 31 heavy (non-hydrogen) atoms. The van der Waals surface area contributed by atoms with Gasteiger partial charge in [-0.25, -0.2) is 0 Å². The molecule has 0 aliphatic carbocycles. The van der Waals surface area contributed by atoms with Crippen molar-refractivity contribution in [1.82, 2.24) is 15.3 Å². The number of rotatable bonds is 6. The smallest absolute Gasteiger partial charge is 0.234 e. The lowest BCUT2D eigenvalue weighted by molar-refractivity contribution is 0.396. The van der Waals surface area contributed by atoms with Crippen LogP contribution in [0.3, 0.4) is 0 Å². The molecule has 2 saturated heterocycles. The number of hydrogen-bond acceptors (Lipinski definition) is 6. The third-order valence-electron chi connectivity index (χ3n) is 5.97. The van der Waals surface area contributed by atoms with Crippen LogP contribution in [0.15, 0.2) is 30.3 Å². The lowest BCUT2D eigenvalue weighted by Gasteiger charge is -2.32. The number of aromatic nitrogens is 2. The van der Waals surface area contributed by atoms with E-state index in [0.717, 1.165) is 32.0 Å². The minimum atomic E-state index is 0.453. The van der Waals surface area contributed by atoms with Crippen LogP contribution in [0.25, 0.3) is 0 Å². The second-order valence-electron chi connectivity index (χ2n) is 8.45. The first-order valence-corrected chi connectivity index (χ1v) is 11.6. The highest BCUT2D eigenvalue weighted by Gasteiger charge is 2.19. The Morgan fingerprint density at radius 3 is 2.55 bits per heavy atom. The number of ether oxygens (including phenoxy) is 1. The monoisotopic (exact) mass is 440 g/mol. The highest BCUT2D eigenvalue weighted by atomic mass is 32.1. The molecule has 2 fully saturated rings. The van der Waals surface area contributed by atoms with Crippen molar-refractivity contribution >= 4 is 34.8 Å². The first kappa shape index (κ1) is 21.6. The van der Waals surface area contributed by atoms with Crippen molar-refractivity contribution in [2.45, 2.75) is 39.2 Å². The maximum atomic E-state index is 5.48. The van der Waals surface area contributed by atoms with Crippen LogP contribution >= 0.6 is 12.2 Å². The molecule has 2 N–H and O–H groups in total. The van der Waals surface area contributed by atoms with Gasteiger partial charge in [-0.05, 0) is 61.5 Å². The molecule has 1 aromatic carbocycles. The molecule has 8 heteroatoms. The molecular weight excluding hydrogens is 408 g/mol. The van der Waals surface area contributed by atoms with Gasteiger partial charge >= 0.3 is 0 Å². The Kier molecular flexibility index (Phi) is 7.06. The summed E-state index contributed by atoms with van der Waals surface area (Å²) in [5.41, 5.74) is 2.48. The van der Waals surface area contributed by atoms with E-state index < -0.39 is 0 Å². The Morgan fingerprint density at radius 1 is 1.10 bits per heavy atom. The predicted octanol–water partition coefficient (Wildman–Crippen LogP) is 3.81. The second-order valence-corrected chi connectivity index (χ2v) is 8.86. The summed E-state index contributed by atoms with van der Waals surface area (Å²) in [4.78, 5) is 13.8. The lowest BCUT2D eigenvalue weighted by Crippen LogP contribution is -2.35. The molecule has 2 aliphatic heterocycles. The van der Waals surface area contributed by atoms with Gasteiger partial charge in [-0.3, -0.25) is 0 Å². The van der Waals surface area contributed by atoms with E-state index in [2.05, 4.69) is 61.6 Å². The van der Waals surface area contributed by atoms with E-state index in [0.29, 0.717) is 29.4 Å². The largest absolute Gasteiger partial charge is 0.481 e. The van der Waals surface area contributed by atoms with E-state index in [1.54, 1.807) is 7.11 Å². The van der Waals surface area contributed by atoms with Crippen LogP contribution in [-0.2, 0) is 6.54 Å². The summed E-state index contributed by atoms with van der Waals surface area (Å²) in [6, 6.07) is 10.6. The molecule has 0 radical (unpaired) electrons. The van der Waals surface area contributed by atoms with Gasteiger partial charge in [0.25, 0.3) is 0 Å². The van der Waals surface area contributed by atoms with Crippen molar-refractivity contribution in [3.63, 3.8) is 0 Å². The Labute approximate surface area is 190 Å². The number of piperidine rings is 1. The maximum Gasteiger partial charge on any atom is 0.234 e. The number of nitrogens with zero attached hydrogens (tertiary/aromatic N) is 4. The normalized spacial score (nSPS) is 18.7. The fourth-order valence-corrected chi connectivity index (χ4v) is 4.42. The first-order valence-electron chi connectivity index (χ1n) is 11.2. The summed E-state index contributed by atoms with van der Waals surface area (Å²) in [6.45, 7) is 7.23. The molecule has 7 nitrogen and oxygen atoms in total. The number of anilines is 3. The van der Waals surface area contributed by atoms with Gasteiger partial charge < -0.3 is 25.2 Å². The Hall–Kier alpha value is -2.61. The molecule has 1 atom stereocenters.